The number of carbonyl (C=O) groups is 1. The number of nitrogens with one attached hydrogen (secondary N) is 1. The van der Waals surface area contributed by atoms with Crippen molar-refractivity contribution in [2.24, 2.45) is 0 Å². The molecule has 0 bridgehead atoms. The van der Waals surface area contributed by atoms with Crippen LogP contribution in [0.3, 0.4) is 0 Å². The molecule has 1 amide bonds. The Morgan fingerprint density at radius 2 is 2.00 bits per heavy atom. The lowest BCUT2D eigenvalue weighted by Crippen LogP contribution is -2.35. The molecular formula is C19H25N5O6S. The van der Waals surface area contributed by atoms with Crippen molar-refractivity contribution in [2.45, 2.75) is 50.7 Å². The zero-order chi connectivity index (χ0) is 22.6. The standard InChI is InChI=1S/C19H25N5O6S/c1-14(2)30-17-7-6-15(31(28,29)23-8-4-3-5-9-23)10-16(17)21-19(25)12-22-11-18(20-13-22)24(26)27/h6-7,10-11,13-14H,3-5,8-9,12H2,1-2H3,(H,21,25). The number of ether oxygens (including phenoxy) is 1. The van der Waals surface area contributed by atoms with E-state index in [1.807, 2.05) is 13.8 Å². The van der Waals surface area contributed by atoms with Crippen LogP contribution in [0.2, 0.25) is 0 Å². The fourth-order valence-corrected chi connectivity index (χ4v) is 4.81. The van der Waals surface area contributed by atoms with Crippen LogP contribution >= 0.6 is 0 Å². The number of nitro groups is 1. The normalized spacial score (nSPS) is 15.1. The number of anilines is 1. The van der Waals surface area contributed by atoms with Gasteiger partial charge in [-0.05, 0) is 54.8 Å². The highest BCUT2D eigenvalue weighted by Crippen LogP contribution is 2.31. The van der Waals surface area contributed by atoms with Crippen LogP contribution in [0, 0.1) is 10.1 Å². The molecule has 0 unspecified atom stereocenters. The number of benzene rings is 1. The van der Waals surface area contributed by atoms with Crippen LogP contribution < -0.4 is 10.1 Å². The molecule has 1 saturated heterocycles. The minimum absolute atomic E-state index is 0.0686. The zero-order valence-corrected chi connectivity index (χ0v) is 18.2. The van der Waals surface area contributed by atoms with Crippen LogP contribution in [-0.2, 0) is 21.4 Å². The Labute approximate surface area is 180 Å². The van der Waals surface area contributed by atoms with Gasteiger partial charge in [0.1, 0.15) is 18.5 Å². The van der Waals surface area contributed by atoms with E-state index in [2.05, 4.69) is 10.3 Å². The van der Waals surface area contributed by atoms with Gasteiger partial charge in [0.25, 0.3) is 0 Å². The highest BCUT2D eigenvalue weighted by Gasteiger charge is 2.27. The number of rotatable bonds is 8. The molecule has 0 saturated carbocycles. The van der Waals surface area contributed by atoms with Crippen molar-refractivity contribution in [1.29, 1.82) is 0 Å². The van der Waals surface area contributed by atoms with E-state index in [0.717, 1.165) is 25.5 Å². The molecule has 2 aromatic rings. The number of amides is 1. The second kappa shape index (κ2) is 9.43. The van der Waals surface area contributed by atoms with Crippen molar-refractivity contribution in [1.82, 2.24) is 13.9 Å². The van der Waals surface area contributed by atoms with E-state index in [4.69, 9.17) is 4.74 Å². The van der Waals surface area contributed by atoms with Crippen molar-refractivity contribution in [3.05, 3.63) is 40.8 Å². The molecule has 31 heavy (non-hydrogen) atoms. The smallest absolute Gasteiger partial charge is 0.381 e. The Hall–Kier alpha value is -2.99. The number of aromatic nitrogens is 2. The summed E-state index contributed by atoms with van der Waals surface area (Å²) < 4.78 is 34.5. The molecule has 1 aromatic heterocycles. The van der Waals surface area contributed by atoms with E-state index in [-0.39, 0.29) is 29.0 Å². The van der Waals surface area contributed by atoms with Gasteiger partial charge in [-0.25, -0.2) is 8.42 Å². The van der Waals surface area contributed by atoms with Crippen LogP contribution in [0.25, 0.3) is 0 Å². The van der Waals surface area contributed by atoms with Crippen LogP contribution in [0.4, 0.5) is 11.5 Å². The fourth-order valence-electron chi connectivity index (χ4n) is 3.26. The van der Waals surface area contributed by atoms with Crippen LogP contribution in [0.5, 0.6) is 5.75 Å². The predicted octanol–water partition coefficient (Wildman–Crippen LogP) is 2.39. The number of piperidine rings is 1. The summed E-state index contributed by atoms with van der Waals surface area (Å²) >= 11 is 0. The summed E-state index contributed by atoms with van der Waals surface area (Å²) in [5.74, 6) is -0.544. The highest BCUT2D eigenvalue weighted by atomic mass is 32.2. The first kappa shape index (κ1) is 22.7. The lowest BCUT2D eigenvalue weighted by molar-refractivity contribution is -0.389. The summed E-state index contributed by atoms with van der Waals surface area (Å²) in [5.41, 5.74) is 0.214. The quantitative estimate of drug-likeness (QED) is 0.480. The topological polar surface area (TPSA) is 137 Å². The summed E-state index contributed by atoms with van der Waals surface area (Å²) in [7, 11) is -3.69. The molecular weight excluding hydrogens is 426 g/mol. The van der Waals surface area contributed by atoms with Crippen molar-refractivity contribution in [3.8, 4) is 5.75 Å². The zero-order valence-electron chi connectivity index (χ0n) is 17.4. The molecule has 2 heterocycles. The second-order valence-corrected chi connectivity index (χ2v) is 9.44. The van der Waals surface area contributed by atoms with Gasteiger partial charge in [-0.1, -0.05) is 6.42 Å². The Morgan fingerprint density at radius 3 is 2.61 bits per heavy atom. The number of hydrogen-bond donors (Lipinski definition) is 1. The molecule has 1 aliphatic rings. The van der Waals surface area contributed by atoms with E-state index in [0.29, 0.717) is 18.8 Å². The van der Waals surface area contributed by atoms with Crippen molar-refractivity contribution < 1.29 is 22.9 Å². The molecule has 168 valence electrons. The number of hydrogen-bond acceptors (Lipinski definition) is 7. The van der Waals surface area contributed by atoms with Gasteiger partial charge < -0.3 is 24.7 Å². The molecule has 0 aliphatic carbocycles. The molecule has 12 heteroatoms. The third-order valence-electron chi connectivity index (χ3n) is 4.67. The highest BCUT2D eigenvalue weighted by molar-refractivity contribution is 7.89. The summed E-state index contributed by atoms with van der Waals surface area (Å²) in [6, 6.07) is 4.38. The SMILES string of the molecule is CC(C)Oc1ccc(S(=O)(=O)N2CCCCC2)cc1NC(=O)Cn1cnc([N+](=O)[O-])c1. The first-order chi connectivity index (χ1) is 14.7. The third-order valence-corrected chi connectivity index (χ3v) is 6.57. The third kappa shape index (κ3) is 5.58. The average Bonchev–Trinajstić information content (AvgIpc) is 3.18. The van der Waals surface area contributed by atoms with Crippen LogP contribution in [-0.4, -0.2) is 52.3 Å². The summed E-state index contributed by atoms with van der Waals surface area (Å²) in [6.45, 7) is 4.33. The second-order valence-electron chi connectivity index (χ2n) is 7.50. The molecule has 11 nitrogen and oxygen atoms in total. The maximum atomic E-state index is 13.0. The van der Waals surface area contributed by atoms with Crippen LogP contribution in [0.15, 0.2) is 35.6 Å². The molecule has 0 radical (unpaired) electrons. The summed E-state index contributed by atoms with van der Waals surface area (Å²) in [4.78, 5) is 26.3. The summed E-state index contributed by atoms with van der Waals surface area (Å²) in [5, 5.41) is 13.4. The van der Waals surface area contributed by atoms with Crippen molar-refractivity contribution in [2.75, 3.05) is 18.4 Å². The number of carbonyl (C=O) groups excluding carboxylic acids is 1. The lowest BCUT2D eigenvalue weighted by Gasteiger charge is -2.26. The van der Waals surface area contributed by atoms with Gasteiger partial charge in [0.2, 0.25) is 22.3 Å². The Bertz CT molecular complexity index is 1060. The van der Waals surface area contributed by atoms with E-state index in [1.165, 1.54) is 33.4 Å². The average molecular weight is 452 g/mol. The molecule has 0 atom stereocenters. The monoisotopic (exact) mass is 451 g/mol. The molecule has 1 aromatic carbocycles. The maximum Gasteiger partial charge on any atom is 0.381 e. The van der Waals surface area contributed by atoms with Gasteiger partial charge in [-0.15, -0.1) is 0 Å². The maximum absolute atomic E-state index is 13.0. The van der Waals surface area contributed by atoms with E-state index in [9.17, 15) is 23.3 Å². The number of nitrogens with zero attached hydrogens (tertiary/aromatic N) is 4. The predicted molar refractivity (Wildman–Crippen MR) is 112 cm³/mol. The first-order valence-electron chi connectivity index (χ1n) is 9.93. The Balaban J connectivity index is 1.84. The van der Waals surface area contributed by atoms with Crippen LogP contribution in [0.1, 0.15) is 33.1 Å². The van der Waals surface area contributed by atoms with Gasteiger partial charge in [-0.3, -0.25) is 4.79 Å². The minimum Gasteiger partial charge on any atom is -0.489 e. The number of sulfonamides is 1. The summed E-state index contributed by atoms with van der Waals surface area (Å²) in [6.07, 6.45) is 4.75. The first-order valence-corrected chi connectivity index (χ1v) is 11.4. The molecule has 1 fully saturated rings. The lowest BCUT2D eigenvalue weighted by atomic mass is 10.2. The van der Waals surface area contributed by atoms with Crippen molar-refractivity contribution >= 4 is 27.4 Å². The Morgan fingerprint density at radius 1 is 1.29 bits per heavy atom. The van der Waals surface area contributed by atoms with Crippen molar-refractivity contribution in [3.63, 3.8) is 0 Å². The van der Waals surface area contributed by atoms with Gasteiger partial charge in [0.05, 0.1) is 16.7 Å². The molecule has 1 aliphatic heterocycles. The minimum atomic E-state index is -3.69. The van der Waals surface area contributed by atoms with E-state index >= 15 is 0 Å². The van der Waals surface area contributed by atoms with Gasteiger partial charge in [0.15, 0.2) is 0 Å². The van der Waals surface area contributed by atoms with Gasteiger partial charge >= 0.3 is 5.82 Å². The molecule has 1 N–H and O–H groups in total. The number of imidazole rings is 1. The van der Waals surface area contributed by atoms with E-state index < -0.39 is 20.9 Å². The molecule has 0 spiro atoms. The van der Waals surface area contributed by atoms with E-state index in [1.54, 1.807) is 0 Å². The van der Waals surface area contributed by atoms with Gasteiger partial charge in [-0.2, -0.15) is 4.31 Å². The fraction of sp³-hybridized carbons (Fsp3) is 0.474. The Kier molecular flexibility index (Phi) is 6.91. The largest absolute Gasteiger partial charge is 0.489 e. The molecule has 3 rings (SSSR count). The van der Waals surface area contributed by atoms with Gasteiger partial charge in [0, 0.05) is 13.1 Å².